The van der Waals surface area contributed by atoms with Gasteiger partial charge < -0.3 is 30.3 Å². The fraction of sp³-hybridized carbons (Fsp3) is 0.889. The highest BCUT2D eigenvalue weighted by molar-refractivity contribution is 5.89. The molecule has 0 saturated heterocycles. The molecule has 8 heteroatoms. The number of hydrogen-bond acceptors (Lipinski definition) is 8. The molecule has 0 heterocycles. The molecule has 0 aliphatic rings. The van der Waals surface area contributed by atoms with Gasteiger partial charge in [0, 0.05) is 0 Å². The number of unbranched alkanes of at least 4 members (excludes halogenated alkanes) is 7. The van der Waals surface area contributed by atoms with Crippen molar-refractivity contribution in [2.24, 2.45) is 5.92 Å². The van der Waals surface area contributed by atoms with Crippen LogP contribution in [0.25, 0.3) is 0 Å². The molecule has 0 aromatic heterocycles. The van der Waals surface area contributed by atoms with Crippen molar-refractivity contribution in [2.75, 3.05) is 13.2 Å². The summed E-state index contributed by atoms with van der Waals surface area (Å²) in [4.78, 5) is 23.5. The van der Waals surface area contributed by atoms with E-state index in [2.05, 4.69) is 11.7 Å². The molecule has 0 aliphatic heterocycles. The van der Waals surface area contributed by atoms with Crippen LogP contribution in [0.2, 0.25) is 0 Å². The van der Waals surface area contributed by atoms with Crippen molar-refractivity contribution in [2.45, 2.75) is 83.0 Å². The first-order chi connectivity index (χ1) is 12.4. The Morgan fingerprint density at radius 3 is 1.85 bits per heavy atom. The van der Waals surface area contributed by atoms with Gasteiger partial charge in [-0.3, -0.25) is 4.79 Å². The minimum atomic E-state index is -1.84. The van der Waals surface area contributed by atoms with Crippen LogP contribution < -0.4 is 0 Å². The van der Waals surface area contributed by atoms with E-state index >= 15 is 0 Å². The summed E-state index contributed by atoms with van der Waals surface area (Å²) in [5, 5.41) is 46.4. The number of rotatable bonds is 15. The van der Waals surface area contributed by atoms with Crippen molar-refractivity contribution in [1.29, 1.82) is 0 Å². The zero-order chi connectivity index (χ0) is 19.9. The Bertz CT molecular complexity index is 387. The van der Waals surface area contributed by atoms with Crippen LogP contribution in [0.3, 0.4) is 0 Å². The van der Waals surface area contributed by atoms with E-state index in [-0.39, 0.29) is 6.42 Å². The number of carbonyl (C=O) groups excluding carboxylic acids is 2. The highest BCUT2D eigenvalue weighted by atomic mass is 16.6. The van der Waals surface area contributed by atoms with E-state index < -0.39 is 49.4 Å². The highest BCUT2D eigenvalue weighted by Crippen LogP contribution is 2.20. The number of aliphatic hydroxyl groups excluding tert-OH is 5. The maximum absolute atomic E-state index is 12.1. The summed E-state index contributed by atoms with van der Waals surface area (Å²) in [6, 6.07) is 0. The lowest BCUT2D eigenvalue weighted by Gasteiger charge is -2.24. The number of carbonyl (C=O) groups is 2. The number of hydrogen-bond donors (Lipinski definition) is 5. The largest absolute Gasteiger partial charge is 0.394 e. The van der Waals surface area contributed by atoms with Gasteiger partial charge >= 0.3 is 11.9 Å². The molecule has 8 nitrogen and oxygen atoms in total. The number of esters is 2. The molecule has 4 unspecified atom stereocenters. The van der Waals surface area contributed by atoms with E-state index in [0.29, 0.717) is 6.42 Å². The topological polar surface area (TPSA) is 145 Å². The molecule has 26 heavy (non-hydrogen) atoms. The molecule has 0 saturated carbocycles. The van der Waals surface area contributed by atoms with Crippen LogP contribution in [0.5, 0.6) is 0 Å². The Kier molecular flexibility index (Phi) is 14.4. The Morgan fingerprint density at radius 1 is 0.808 bits per heavy atom. The molecular weight excluding hydrogens is 344 g/mol. The minimum Gasteiger partial charge on any atom is -0.394 e. The van der Waals surface area contributed by atoms with E-state index in [1.54, 1.807) is 0 Å². The third-order valence-corrected chi connectivity index (χ3v) is 4.31. The average Bonchev–Trinajstić information content (AvgIpc) is 2.64. The van der Waals surface area contributed by atoms with Crippen LogP contribution >= 0.6 is 0 Å². The second kappa shape index (κ2) is 15.0. The quantitative estimate of drug-likeness (QED) is 0.155. The van der Waals surface area contributed by atoms with Crippen LogP contribution in [-0.2, 0) is 14.3 Å². The molecule has 5 N–H and O–H groups in total. The normalized spacial score (nSPS) is 15.9. The van der Waals surface area contributed by atoms with Gasteiger partial charge in [0.1, 0.15) is 6.10 Å². The average molecular weight is 378 g/mol. The Labute approximate surface area is 154 Å². The molecular formula is C18H34O8. The van der Waals surface area contributed by atoms with Crippen LogP contribution in [0.15, 0.2) is 0 Å². The lowest BCUT2D eigenvalue weighted by Crippen LogP contribution is -2.42. The van der Waals surface area contributed by atoms with Gasteiger partial charge in [-0.25, -0.2) is 4.79 Å². The maximum atomic E-state index is 12.1. The van der Waals surface area contributed by atoms with Crippen LogP contribution in [-0.4, -0.2) is 69.0 Å². The zero-order valence-electron chi connectivity index (χ0n) is 15.5. The van der Waals surface area contributed by atoms with Crippen molar-refractivity contribution < 1.29 is 39.9 Å². The van der Waals surface area contributed by atoms with Gasteiger partial charge in [-0.15, -0.1) is 0 Å². The minimum absolute atomic E-state index is 0.175. The van der Waals surface area contributed by atoms with Gasteiger partial charge in [-0.1, -0.05) is 58.3 Å². The first-order valence-electron chi connectivity index (χ1n) is 9.40. The van der Waals surface area contributed by atoms with Crippen molar-refractivity contribution in [3.63, 3.8) is 0 Å². The molecule has 0 aromatic carbocycles. The third-order valence-electron chi connectivity index (χ3n) is 4.31. The van der Waals surface area contributed by atoms with Gasteiger partial charge in [0.25, 0.3) is 0 Å². The Morgan fingerprint density at radius 2 is 1.35 bits per heavy atom. The van der Waals surface area contributed by atoms with Gasteiger partial charge in [-0.2, -0.15) is 0 Å². The molecule has 0 aliphatic carbocycles. The summed E-state index contributed by atoms with van der Waals surface area (Å²) in [5.74, 6) is -3.61. The van der Waals surface area contributed by atoms with E-state index in [1.165, 1.54) is 19.3 Å². The predicted molar refractivity (Wildman–Crippen MR) is 94.0 cm³/mol. The molecule has 0 amide bonds. The second-order valence-corrected chi connectivity index (χ2v) is 6.55. The summed E-state index contributed by atoms with van der Waals surface area (Å²) < 4.78 is 4.46. The first-order valence-corrected chi connectivity index (χ1v) is 9.40. The fourth-order valence-electron chi connectivity index (χ4n) is 2.62. The maximum Gasteiger partial charge on any atom is 0.345 e. The second-order valence-electron chi connectivity index (χ2n) is 6.55. The SMILES string of the molecule is CCCCCCCCCCC(C(=O)OC(=O)C(O)CO)C(O)C(O)CO. The van der Waals surface area contributed by atoms with Crippen molar-refractivity contribution in [3.8, 4) is 0 Å². The molecule has 0 radical (unpaired) electrons. The lowest BCUT2D eigenvalue weighted by molar-refractivity contribution is -0.174. The Balaban J connectivity index is 4.48. The third kappa shape index (κ3) is 10.2. The summed E-state index contributed by atoms with van der Waals surface area (Å²) in [6.07, 6.45) is 3.41. The molecule has 0 bridgehead atoms. The fourth-order valence-corrected chi connectivity index (χ4v) is 2.62. The molecule has 0 rings (SSSR count). The van der Waals surface area contributed by atoms with E-state index in [9.17, 15) is 19.8 Å². The van der Waals surface area contributed by atoms with E-state index in [1.807, 2.05) is 0 Å². The smallest absolute Gasteiger partial charge is 0.345 e. The van der Waals surface area contributed by atoms with Crippen molar-refractivity contribution >= 4 is 11.9 Å². The summed E-state index contributed by atoms with van der Waals surface area (Å²) in [5.41, 5.74) is 0. The van der Waals surface area contributed by atoms with Crippen LogP contribution in [0.1, 0.15) is 64.7 Å². The summed E-state index contributed by atoms with van der Waals surface area (Å²) in [7, 11) is 0. The monoisotopic (exact) mass is 378 g/mol. The van der Waals surface area contributed by atoms with E-state index in [0.717, 1.165) is 25.7 Å². The molecule has 154 valence electrons. The van der Waals surface area contributed by atoms with Gasteiger partial charge in [-0.05, 0) is 6.42 Å². The molecule has 0 spiro atoms. The highest BCUT2D eigenvalue weighted by Gasteiger charge is 2.34. The van der Waals surface area contributed by atoms with Crippen LogP contribution in [0.4, 0.5) is 0 Å². The summed E-state index contributed by atoms with van der Waals surface area (Å²) >= 11 is 0. The van der Waals surface area contributed by atoms with E-state index in [4.69, 9.17) is 15.3 Å². The number of aliphatic hydroxyl groups is 5. The molecule has 4 atom stereocenters. The zero-order valence-corrected chi connectivity index (χ0v) is 15.5. The summed E-state index contributed by atoms with van der Waals surface area (Å²) in [6.45, 7) is 0.516. The molecule has 0 fully saturated rings. The first kappa shape index (κ1) is 24.9. The lowest BCUT2D eigenvalue weighted by atomic mass is 9.92. The van der Waals surface area contributed by atoms with Gasteiger partial charge in [0.2, 0.25) is 0 Å². The Hall–Kier alpha value is -1.06. The van der Waals surface area contributed by atoms with Gasteiger partial charge in [0.05, 0.1) is 25.2 Å². The standard InChI is InChI=1S/C18H34O8/c1-2-3-4-5-6-7-8-9-10-13(16(23)14(21)11-19)17(24)26-18(25)15(22)12-20/h13-16,19-23H,2-12H2,1H3. The van der Waals surface area contributed by atoms with Crippen LogP contribution in [0, 0.1) is 5.92 Å². The number of ether oxygens (including phenoxy) is 1. The van der Waals surface area contributed by atoms with Gasteiger partial charge in [0.15, 0.2) is 6.10 Å². The molecule has 0 aromatic rings. The van der Waals surface area contributed by atoms with Crippen molar-refractivity contribution in [1.82, 2.24) is 0 Å². The predicted octanol–water partition coefficient (Wildman–Crippen LogP) is 0.270. The van der Waals surface area contributed by atoms with Crippen molar-refractivity contribution in [3.05, 3.63) is 0 Å².